The predicted octanol–water partition coefficient (Wildman–Crippen LogP) is 2.39. The molecule has 2 N–H and O–H groups in total. The van der Waals surface area contributed by atoms with Crippen molar-refractivity contribution in [2.45, 2.75) is 57.9 Å². The molecule has 0 aliphatic carbocycles. The van der Waals surface area contributed by atoms with Gasteiger partial charge < -0.3 is 10.5 Å². The van der Waals surface area contributed by atoms with Crippen LogP contribution in [0.3, 0.4) is 0 Å². The van der Waals surface area contributed by atoms with Crippen molar-refractivity contribution in [3.8, 4) is 0 Å². The Morgan fingerprint density at radius 1 is 1.31 bits per heavy atom. The van der Waals surface area contributed by atoms with Gasteiger partial charge >= 0.3 is 12.1 Å². The van der Waals surface area contributed by atoms with Crippen molar-refractivity contribution < 1.29 is 22.7 Å². The van der Waals surface area contributed by atoms with E-state index >= 15 is 0 Å². The van der Waals surface area contributed by atoms with Crippen molar-refractivity contribution in [3.63, 3.8) is 0 Å². The van der Waals surface area contributed by atoms with Gasteiger partial charge in [-0.1, -0.05) is 0 Å². The highest BCUT2D eigenvalue weighted by Gasteiger charge is 2.28. The van der Waals surface area contributed by atoms with E-state index in [0.29, 0.717) is 0 Å². The zero-order valence-electron chi connectivity index (χ0n) is 9.73. The van der Waals surface area contributed by atoms with E-state index in [1.165, 1.54) is 0 Å². The van der Waals surface area contributed by atoms with Crippen molar-refractivity contribution >= 4 is 5.97 Å². The normalized spacial score (nSPS) is 14.7. The van der Waals surface area contributed by atoms with E-state index < -0.39 is 30.2 Å². The molecule has 0 aliphatic heterocycles. The minimum atomic E-state index is -4.20. The molecule has 0 radical (unpaired) electrons. The summed E-state index contributed by atoms with van der Waals surface area (Å²) in [6.07, 6.45) is -5.31. The van der Waals surface area contributed by atoms with Crippen molar-refractivity contribution in [3.05, 3.63) is 0 Å². The second-order valence-electron chi connectivity index (χ2n) is 4.65. The van der Waals surface area contributed by atoms with Gasteiger partial charge in [-0.25, -0.2) is 0 Å². The van der Waals surface area contributed by atoms with E-state index in [2.05, 4.69) is 0 Å². The third-order valence-electron chi connectivity index (χ3n) is 1.68. The van der Waals surface area contributed by atoms with Crippen LogP contribution in [0.2, 0.25) is 0 Å². The quantitative estimate of drug-likeness (QED) is 0.769. The van der Waals surface area contributed by atoms with Gasteiger partial charge in [-0.3, -0.25) is 4.79 Å². The number of rotatable bonds is 4. The largest absolute Gasteiger partial charge is 0.459 e. The maximum atomic E-state index is 11.8. The molecular formula is C10H18F3NO2. The molecule has 96 valence electrons. The lowest BCUT2D eigenvalue weighted by molar-refractivity contribution is -0.157. The van der Waals surface area contributed by atoms with E-state index in [-0.39, 0.29) is 12.8 Å². The van der Waals surface area contributed by atoms with Crippen molar-refractivity contribution in [2.24, 2.45) is 5.73 Å². The van der Waals surface area contributed by atoms with Gasteiger partial charge in [0, 0.05) is 6.42 Å². The summed E-state index contributed by atoms with van der Waals surface area (Å²) in [5.41, 5.74) is 4.74. The number of ether oxygens (including phenoxy) is 1. The minimum absolute atomic E-state index is 0.0194. The highest BCUT2D eigenvalue weighted by Crippen LogP contribution is 2.22. The Balaban J connectivity index is 3.89. The Morgan fingerprint density at radius 3 is 2.19 bits per heavy atom. The number of nitrogens with two attached hydrogens (primary N) is 1. The van der Waals surface area contributed by atoms with Gasteiger partial charge in [0.15, 0.2) is 0 Å². The average molecular weight is 241 g/mol. The molecule has 0 bridgehead atoms. The standard InChI is InChI=1S/C10H18F3NO2/c1-9(2,3)16-8(15)7(14)5-4-6-10(11,12)13/h7H,4-6,14H2,1-3H3/t7-/m1/s1. The first kappa shape index (κ1) is 15.2. The van der Waals surface area contributed by atoms with Crippen LogP contribution in [0.4, 0.5) is 13.2 Å². The molecule has 16 heavy (non-hydrogen) atoms. The number of esters is 1. The van der Waals surface area contributed by atoms with Gasteiger partial charge in [0.05, 0.1) is 0 Å². The van der Waals surface area contributed by atoms with Crippen LogP contribution < -0.4 is 5.73 Å². The summed E-state index contributed by atoms with van der Waals surface area (Å²) in [6, 6.07) is -0.985. The molecule has 0 rings (SSSR count). The van der Waals surface area contributed by atoms with Gasteiger partial charge in [0.25, 0.3) is 0 Å². The van der Waals surface area contributed by atoms with Crippen LogP contribution in [0.15, 0.2) is 0 Å². The fourth-order valence-corrected chi connectivity index (χ4v) is 1.02. The summed E-state index contributed by atoms with van der Waals surface area (Å²) in [5.74, 6) is -0.658. The molecule has 0 fully saturated rings. The van der Waals surface area contributed by atoms with Gasteiger partial charge in [-0.05, 0) is 33.6 Å². The number of halogens is 3. The first-order chi connectivity index (χ1) is 7.01. The number of carbonyl (C=O) groups excluding carboxylic acids is 1. The molecule has 0 saturated heterocycles. The maximum Gasteiger partial charge on any atom is 0.389 e. The molecule has 1 atom stereocenters. The highest BCUT2D eigenvalue weighted by atomic mass is 19.4. The zero-order valence-corrected chi connectivity index (χ0v) is 9.73. The molecule has 0 aromatic carbocycles. The summed E-state index contributed by atoms with van der Waals surface area (Å²) in [6.45, 7) is 5.02. The van der Waals surface area contributed by atoms with Crippen LogP contribution in [0.25, 0.3) is 0 Å². The molecule has 0 spiro atoms. The van der Waals surface area contributed by atoms with Crippen LogP contribution >= 0.6 is 0 Å². The van der Waals surface area contributed by atoms with Crippen LogP contribution in [0, 0.1) is 0 Å². The first-order valence-corrected chi connectivity index (χ1v) is 5.06. The second-order valence-corrected chi connectivity index (χ2v) is 4.65. The lowest BCUT2D eigenvalue weighted by atomic mass is 10.1. The predicted molar refractivity (Wildman–Crippen MR) is 53.7 cm³/mol. The van der Waals surface area contributed by atoms with Gasteiger partial charge in [-0.2, -0.15) is 13.2 Å². The van der Waals surface area contributed by atoms with E-state index in [1.54, 1.807) is 20.8 Å². The fourth-order valence-electron chi connectivity index (χ4n) is 1.02. The summed E-state index contributed by atoms with van der Waals surface area (Å²) in [7, 11) is 0. The number of hydrogen-bond donors (Lipinski definition) is 1. The molecule has 3 nitrogen and oxygen atoms in total. The summed E-state index contributed by atoms with van der Waals surface area (Å²) in [5, 5.41) is 0. The number of carbonyl (C=O) groups is 1. The SMILES string of the molecule is CC(C)(C)OC(=O)[C@H](N)CCCC(F)(F)F. The Labute approximate surface area is 93.1 Å². The van der Waals surface area contributed by atoms with E-state index in [9.17, 15) is 18.0 Å². The van der Waals surface area contributed by atoms with E-state index in [1.807, 2.05) is 0 Å². The first-order valence-electron chi connectivity index (χ1n) is 5.06. The second kappa shape index (κ2) is 5.52. The van der Waals surface area contributed by atoms with Gasteiger partial charge in [0.1, 0.15) is 11.6 Å². The Kier molecular flexibility index (Phi) is 5.25. The van der Waals surface area contributed by atoms with Crippen molar-refractivity contribution in [1.82, 2.24) is 0 Å². The minimum Gasteiger partial charge on any atom is -0.459 e. The van der Waals surface area contributed by atoms with Crippen LogP contribution in [0.1, 0.15) is 40.0 Å². The molecule has 0 unspecified atom stereocenters. The molecule has 6 heteroatoms. The molecule has 0 aliphatic rings. The molecular weight excluding hydrogens is 223 g/mol. The molecule has 0 aromatic heterocycles. The topological polar surface area (TPSA) is 52.3 Å². The molecule has 0 amide bonds. The zero-order chi connectivity index (χ0) is 13.0. The number of alkyl halides is 3. The summed E-state index contributed by atoms with van der Waals surface area (Å²) >= 11 is 0. The molecule has 0 heterocycles. The summed E-state index contributed by atoms with van der Waals surface area (Å²) < 4.78 is 40.4. The Bertz CT molecular complexity index is 233. The van der Waals surface area contributed by atoms with Crippen LogP contribution in [-0.4, -0.2) is 23.8 Å². The van der Waals surface area contributed by atoms with Crippen LogP contribution in [-0.2, 0) is 9.53 Å². The van der Waals surface area contributed by atoms with Gasteiger partial charge in [0.2, 0.25) is 0 Å². The molecule has 0 saturated carbocycles. The lowest BCUT2D eigenvalue weighted by Crippen LogP contribution is -2.37. The van der Waals surface area contributed by atoms with Crippen LogP contribution in [0.5, 0.6) is 0 Å². The Morgan fingerprint density at radius 2 is 1.81 bits per heavy atom. The van der Waals surface area contributed by atoms with Crippen molar-refractivity contribution in [2.75, 3.05) is 0 Å². The highest BCUT2D eigenvalue weighted by molar-refractivity contribution is 5.75. The third kappa shape index (κ3) is 8.52. The average Bonchev–Trinajstić information content (AvgIpc) is 1.98. The van der Waals surface area contributed by atoms with Gasteiger partial charge in [-0.15, -0.1) is 0 Å². The maximum absolute atomic E-state index is 11.8. The smallest absolute Gasteiger partial charge is 0.389 e. The van der Waals surface area contributed by atoms with Crippen molar-refractivity contribution in [1.29, 1.82) is 0 Å². The summed E-state index contributed by atoms with van der Waals surface area (Å²) in [4.78, 5) is 11.3. The van der Waals surface area contributed by atoms with E-state index in [0.717, 1.165) is 0 Å². The number of hydrogen-bond acceptors (Lipinski definition) is 3. The monoisotopic (exact) mass is 241 g/mol. The Hall–Kier alpha value is -0.780. The lowest BCUT2D eigenvalue weighted by Gasteiger charge is -2.22. The third-order valence-corrected chi connectivity index (χ3v) is 1.68. The molecule has 0 aromatic rings. The van der Waals surface area contributed by atoms with E-state index in [4.69, 9.17) is 10.5 Å². The fraction of sp³-hybridized carbons (Fsp3) is 0.900.